The number of aldehydes is 2. The molecule has 0 aliphatic rings. The van der Waals surface area contributed by atoms with Gasteiger partial charge in [0.1, 0.15) is 49.1 Å². The normalized spacial score (nSPS) is 19.2. The third-order valence-corrected chi connectivity index (χ3v) is 3.46. The zero-order valence-corrected chi connectivity index (χ0v) is 16.1. The van der Waals surface area contributed by atoms with E-state index in [4.69, 9.17) is 10.2 Å². The van der Waals surface area contributed by atoms with Crippen molar-refractivity contribution in [2.75, 3.05) is 0 Å². The van der Waals surface area contributed by atoms with Gasteiger partial charge in [-0.15, -0.1) is 0 Å². The van der Waals surface area contributed by atoms with Gasteiger partial charge in [-0.1, -0.05) is 0 Å². The van der Waals surface area contributed by atoms with Crippen molar-refractivity contribution in [3.8, 4) is 0 Å². The van der Waals surface area contributed by atoms with Gasteiger partial charge in [-0.3, -0.25) is 9.59 Å². The van der Waals surface area contributed by atoms with Gasteiger partial charge in [0.05, 0.1) is 12.2 Å². The summed E-state index contributed by atoms with van der Waals surface area (Å²) in [4.78, 5) is 42.1. The topological polar surface area (TPSA) is 214 Å². The Hall–Kier alpha value is -1.96. The van der Waals surface area contributed by atoms with Crippen molar-refractivity contribution in [2.24, 2.45) is 0 Å². The average Bonchev–Trinajstić information content (AvgIpc) is 2.61. The maximum Gasteiger partial charge on any atom is 0.217 e. The molecular formula is C16H30N2O10. The molecule has 0 aromatic heterocycles. The zero-order valence-electron chi connectivity index (χ0n) is 16.1. The largest absolute Gasteiger partial charge is 0.391 e. The summed E-state index contributed by atoms with van der Waals surface area (Å²) < 4.78 is 0. The standard InChI is InChI=1S/2C8H15NO5/c2*1-4(11)7(13)8(14)6(3-10)9-5(2)12/h2*3-4,6-8,11,13-14H,1-2H3,(H,9,12)/t2*4-,6+,7+,8-/m10/s1. The van der Waals surface area contributed by atoms with Crippen LogP contribution in [0.1, 0.15) is 27.7 Å². The number of nitrogens with one attached hydrogen (secondary N) is 2. The Morgan fingerprint density at radius 2 is 0.893 bits per heavy atom. The van der Waals surface area contributed by atoms with E-state index in [0.29, 0.717) is 12.6 Å². The molecular weight excluding hydrogens is 380 g/mol. The molecule has 28 heavy (non-hydrogen) atoms. The lowest BCUT2D eigenvalue weighted by Gasteiger charge is -2.24. The van der Waals surface area contributed by atoms with E-state index in [9.17, 15) is 39.6 Å². The van der Waals surface area contributed by atoms with E-state index in [1.807, 2.05) is 0 Å². The predicted molar refractivity (Wildman–Crippen MR) is 94.7 cm³/mol. The third-order valence-electron chi connectivity index (χ3n) is 3.46. The Kier molecular flexibility index (Phi) is 14.2. The number of rotatable bonds is 10. The summed E-state index contributed by atoms with van der Waals surface area (Å²) >= 11 is 0. The highest BCUT2D eigenvalue weighted by Gasteiger charge is 2.30. The van der Waals surface area contributed by atoms with Gasteiger partial charge < -0.3 is 50.9 Å². The number of carbonyl (C=O) groups is 4. The molecule has 0 aliphatic carbocycles. The van der Waals surface area contributed by atoms with Gasteiger partial charge in [-0.05, 0) is 13.8 Å². The van der Waals surface area contributed by atoms with Crippen molar-refractivity contribution in [1.82, 2.24) is 10.6 Å². The molecule has 8 N–H and O–H groups in total. The molecule has 164 valence electrons. The first-order valence-electron chi connectivity index (χ1n) is 8.33. The molecule has 0 unspecified atom stereocenters. The van der Waals surface area contributed by atoms with Crippen molar-refractivity contribution < 1.29 is 49.8 Å². The molecule has 0 aromatic rings. The average molecular weight is 410 g/mol. The summed E-state index contributed by atoms with van der Waals surface area (Å²) in [5.41, 5.74) is 0. The van der Waals surface area contributed by atoms with Gasteiger partial charge in [0, 0.05) is 13.8 Å². The highest BCUT2D eigenvalue weighted by Crippen LogP contribution is 2.04. The summed E-state index contributed by atoms with van der Waals surface area (Å²) in [5.74, 6) is -1.00. The smallest absolute Gasteiger partial charge is 0.217 e. The van der Waals surface area contributed by atoms with E-state index in [2.05, 4.69) is 10.6 Å². The molecule has 0 aliphatic heterocycles. The number of aliphatic hydroxyl groups is 6. The SMILES string of the molecule is CC(=O)N[C@@H](C=O)[C@@H](O)[C@@H](O)[C@@H](C)O.CC(=O)N[C@H](C=O)[C@H](O)[C@H](O)[C@H](C)O. The lowest BCUT2D eigenvalue weighted by Crippen LogP contribution is -2.51. The second-order valence-electron chi connectivity index (χ2n) is 6.17. The highest BCUT2D eigenvalue weighted by molar-refractivity contribution is 5.78. The lowest BCUT2D eigenvalue weighted by atomic mass is 10.0. The fourth-order valence-electron chi connectivity index (χ4n) is 1.86. The van der Waals surface area contributed by atoms with E-state index in [1.165, 1.54) is 27.7 Å². The van der Waals surface area contributed by atoms with Crippen molar-refractivity contribution in [2.45, 2.75) is 76.4 Å². The quantitative estimate of drug-likeness (QED) is 0.162. The van der Waals surface area contributed by atoms with Crippen molar-refractivity contribution in [1.29, 1.82) is 0 Å². The second-order valence-corrected chi connectivity index (χ2v) is 6.17. The number of amides is 2. The first-order valence-corrected chi connectivity index (χ1v) is 8.33. The first-order chi connectivity index (χ1) is 12.8. The van der Waals surface area contributed by atoms with Gasteiger partial charge in [-0.25, -0.2) is 0 Å². The van der Waals surface area contributed by atoms with Crippen molar-refractivity contribution >= 4 is 24.4 Å². The molecule has 12 heteroatoms. The number of hydrogen-bond acceptors (Lipinski definition) is 10. The molecule has 0 radical (unpaired) electrons. The van der Waals surface area contributed by atoms with Gasteiger partial charge in [0.25, 0.3) is 0 Å². The fourth-order valence-corrected chi connectivity index (χ4v) is 1.86. The minimum Gasteiger partial charge on any atom is -0.391 e. The van der Waals surface area contributed by atoms with E-state index < -0.39 is 60.5 Å². The number of hydrogen-bond donors (Lipinski definition) is 8. The Morgan fingerprint density at radius 1 is 0.643 bits per heavy atom. The Balaban J connectivity index is 0. The molecule has 2 amide bonds. The first kappa shape index (κ1) is 28.3. The Labute approximate surface area is 162 Å². The van der Waals surface area contributed by atoms with Crippen LogP contribution >= 0.6 is 0 Å². The van der Waals surface area contributed by atoms with E-state index in [-0.39, 0.29) is 0 Å². The predicted octanol–water partition coefficient (Wildman–Crippen LogP) is -4.41. The van der Waals surface area contributed by atoms with Crippen LogP contribution in [0.2, 0.25) is 0 Å². The molecule has 0 aromatic carbocycles. The second kappa shape index (κ2) is 14.1. The lowest BCUT2D eigenvalue weighted by molar-refractivity contribution is -0.128. The van der Waals surface area contributed by atoms with E-state index in [1.54, 1.807) is 0 Å². The van der Waals surface area contributed by atoms with Gasteiger partial charge in [0.15, 0.2) is 0 Å². The summed E-state index contributed by atoms with van der Waals surface area (Å²) in [6.07, 6.45) is -7.74. The molecule has 0 heterocycles. The summed E-state index contributed by atoms with van der Waals surface area (Å²) in [5, 5.41) is 59.2. The van der Waals surface area contributed by atoms with Gasteiger partial charge in [0.2, 0.25) is 11.8 Å². The van der Waals surface area contributed by atoms with Crippen LogP contribution in [0.25, 0.3) is 0 Å². The molecule has 0 saturated carbocycles. The molecule has 0 spiro atoms. The summed E-state index contributed by atoms with van der Waals surface area (Å²) in [6, 6.07) is -2.42. The Bertz CT molecular complexity index is 456. The molecule has 0 rings (SSSR count). The fraction of sp³-hybridized carbons (Fsp3) is 0.750. The molecule has 0 fully saturated rings. The number of aliphatic hydroxyl groups excluding tert-OH is 6. The monoisotopic (exact) mass is 410 g/mol. The maximum atomic E-state index is 10.6. The van der Waals surface area contributed by atoms with Crippen LogP contribution < -0.4 is 10.6 Å². The van der Waals surface area contributed by atoms with Crippen LogP contribution in [0.4, 0.5) is 0 Å². The molecule has 0 bridgehead atoms. The summed E-state index contributed by atoms with van der Waals surface area (Å²) in [7, 11) is 0. The third kappa shape index (κ3) is 11.0. The zero-order chi connectivity index (χ0) is 22.6. The van der Waals surface area contributed by atoms with Crippen LogP contribution in [0, 0.1) is 0 Å². The Morgan fingerprint density at radius 3 is 1.04 bits per heavy atom. The van der Waals surface area contributed by atoms with Crippen LogP contribution in [0.3, 0.4) is 0 Å². The van der Waals surface area contributed by atoms with Crippen LogP contribution in [-0.4, -0.2) is 104 Å². The number of carbonyl (C=O) groups excluding carboxylic acids is 4. The van der Waals surface area contributed by atoms with Crippen LogP contribution in [-0.2, 0) is 19.2 Å². The van der Waals surface area contributed by atoms with E-state index >= 15 is 0 Å². The van der Waals surface area contributed by atoms with E-state index in [0.717, 1.165) is 0 Å². The van der Waals surface area contributed by atoms with Crippen molar-refractivity contribution in [3.63, 3.8) is 0 Å². The highest BCUT2D eigenvalue weighted by atomic mass is 16.4. The van der Waals surface area contributed by atoms with Gasteiger partial charge >= 0.3 is 0 Å². The maximum absolute atomic E-state index is 10.6. The minimum atomic E-state index is -1.52. The molecule has 12 nitrogen and oxygen atoms in total. The van der Waals surface area contributed by atoms with Crippen LogP contribution in [0.5, 0.6) is 0 Å². The van der Waals surface area contributed by atoms with Gasteiger partial charge in [-0.2, -0.15) is 0 Å². The van der Waals surface area contributed by atoms with Crippen molar-refractivity contribution in [3.05, 3.63) is 0 Å². The molecule has 0 saturated heterocycles. The molecule has 8 atom stereocenters. The summed E-state index contributed by atoms with van der Waals surface area (Å²) in [6.45, 7) is 4.89. The minimum absolute atomic E-state index is 0.303. The van der Waals surface area contributed by atoms with Crippen LogP contribution in [0.15, 0.2) is 0 Å².